The van der Waals surface area contributed by atoms with E-state index in [1.807, 2.05) is 0 Å². The number of thiocarbonyl (C=S) groups is 1. The molecule has 1 aliphatic heterocycles. The number of carbonyl (C=O) groups excluding carboxylic acids is 2. The molecule has 19 heavy (non-hydrogen) atoms. The molecule has 0 N–H and O–H groups in total. The molecule has 1 saturated heterocycles. The fourth-order valence-corrected chi connectivity index (χ4v) is 2.60. The smallest absolute Gasteiger partial charge is 0.336 e. The first-order valence-electron chi connectivity index (χ1n) is 5.80. The highest BCUT2D eigenvalue weighted by Crippen LogP contribution is 2.26. The van der Waals surface area contributed by atoms with E-state index in [4.69, 9.17) is 29.6 Å². The molecule has 1 fully saturated rings. The van der Waals surface area contributed by atoms with Crippen LogP contribution in [0.4, 0.5) is 0 Å². The molecule has 0 radical (unpaired) electrons. The van der Waals surface area contributed by atoms with Crippen LogP contribution in [0.1, 0.15) is 19.8 Å². The lowest BCUT2D eigenvalue weighted by Gasteiger charge is -2.35. The summed E-state index contributed by atoms with van der Waals surface area (Å²) in [6.07, 6.45) is 0.812. The van der Waals surface area contributed by atoms with Crippen LogP contribution in [0.2, 0.25) is 0 Å². The average molecular weight is 302 g/mol. The fourth-order valence-electron chi connectivity index (χ4n) is 2.14. The van der Waals surface area contributed by atoms with Crippen LogP contribution in [0, 0.1) is 0 Å². The Hall–Kier alpha value is -1.21. The molecule has 0 aromatic carbocycles. The third kappa shape index (κ3) is 3.87. The number of hydrogen-bond donors (Lipinski definition) is 0. The van der Waals surface area contributed by atoms with Crippen molar-refractivity contribution < 1.29 is 19.1 Å². The van der Waals surface area contributed by atoms with Gasteiger partial charge in [0.25, 0.3) is 0 Å². The molecule has 5 nitrogen and oxygen atoms in total. The number of methoxy groups -OCH3 is 1. The second-order valence-electron chi connectivity index (χ2n) is 4.22. The maximum absolute atomic E-state index is 11.6. The minimum absolute atomic E-state index is 0.0980. The van der Waals surface area contributed by atoms with Crippen molar-refractivity contribution in [3.63, 3.8) is 0 Å². The van der Waals surface area contributed by atoms with E-state index in [-0.39, 0.29) is 11.6 Å². The number of hydrogen-bond acceptors (Lipinski definition) is 6. The lowest BCUT2D eigenvalue weighted by Crippen LogP contribution is -2.45. The van der Waals surface area contributed by atoms with Crippen LogP contribution in [-0.4, -0.2) is 47.0 Å². The normalized spacial score (nSPS) is 19.7. The van der Waals surface area contributed by atoms with Crippen molar-refractivity contribution in [1.29, 1.82) is 0 Å². The minimum atomic E-state index is -0.784. The molecule has 0 amide bonds. The summed E-state index contributed by atoms with van der Waals surface area (Å²) >= 11 is 10.0. The summed E-state index contributed by atoms with van der Waals surface area (Å²) in [5, 5.41) is 0. The quantitative estimate of drug-likeness (QED) is 0.331. The molecule has 0 aromatic rings. The summed E-state index contributed by atoms with van der Waals surface area (Å²) in [5.41, 5.74) is 0.0980. The molecule has 1 aliphatic rings. The van der Waals surface area contributed by atoms with Crippen molar-refractivity contribution in [2.75, 3.05) is 13.7 Å². The Balaban J connectivity index is 2.96. The molecular formula is C12H16NO4S2-. The third-order valence-corrected chi connectivity index (χ3v) is 3.44. The number of ether oxygens (including phenoxy) is 2. The van der Waals surface area contributed by atoms with Crippen LogP contribution in [0.5, 0.6) is 0 Å². The number of carbonyl (C=O) groups is 2. The highest BCUT2D eigenvalue weighted by atomic mass is 32.1. The first kappa shape index (κ1) is 15.8. The fraction of sp³-hybridized carbons (Fsp3) is 0.583. The molecule has 106 valence electrons. The van der Waals surface area contributed by atoms with Crippen molar-refractivity contribution in [2.24, 2.45) is 0 Å². The van der Waals surface area contributed by atoms with Crippen LogP contribution < -0.4 is 0 Å². The predicted octanol–water partition coefficient (Wildman–Crippen LogP) is 0.944. The van der Waals surface area contributed by atoms with Crippen LogP contribution in [0.3, 0.4) is 0 Å². The molecule has 0 spiro atoms. The minimum Gasteiger partial charge on any atom is -0.466 e. The standard InChI is InChI=1S/C12H17NO4S2/c1-7(11(15)16-3)10(17-8(2)14)9-5-4-6-13(9)12(18)19/h9-10H,1,4-6H2,2-3H3,(H,18,19)/p-1/t9-,10?/m0/s1. The van der Waals surface area contributed by atoms with Gasteiger partial charge in [0.1, 0.15) is 0 Å². The molecule has 0 aliphatic carbocycles. The van der Waals surface area contributed by atoms with Crippen molar-refractivity contribution in [3.05, 3.63) is 12.2 Å². The van der Waals surface area contributed by atoms with Gasteiger partial charge in [-0.3, -0.25) is 4.79 Å². The Kier molecular flexibility index (Phi) is 5.68. The van der Waals surface area contributed by atoms with E-state index in [9.17, 15) is 9.59 Å². The predicted molar refractivity (Wildman–Crippen MR) is 76.4 cm³/mol. The van der Waals surface area contributed by atoms with Gasteiger partial charge >= 0.3 is 11.9 Å². The summed E-state index contributed by atoms with van der Waals surface area (Å²) < 4.78 is 10.1. The van der Waals surface area contributed by atoms with Gasteiger partial charge in [0.2, 0.25) is 0 Å². The van der Waals surface area contributed by atoms with Crippen molar-refractivity contribution >= 4 is 41.1 Å². The van der Waals surface area contributed by atoms with Gasteiger partial charge in [-0.15, -0.1) is 0 Å². The highest BCUT2D eigenvalue weighted by Gasteiger charge is 2.37. The Labute approximate surface area is 123 Å². The highest BCUT2D eigenvalue weighted by molar-refractivity contribution is 8.00. The Morgan fingerprint density at radius 2 is 2.16 bits per heavy atom. The molecule has 0 aromatic heterocycles. The second-order valence-corrected chi connectivity index (χ2v) is 5.25. The zero-order chi connectivity index (χ0) is 14.6. The molecule has 0 saturated carbocycles. The summed E-state index contributed by atoms with van der Waals surface area (Å²) in [4.78, 5) is 24.6. The molecule has 7 heteroatoms. The lowest BCUT2D eigenvalue weighted by molar-refractivity contribution is -0.148. The Morgan fingerprint density at radius 3 is 2.63 bits per heavy atom. The molecule has 0 bridgehead atoms. The van der Waals surface area contributed by atoms with E-state index in [2.05, 4.69) is 11.3 Å². The zero-order valence-corrected chi connectivity index (χ0v) is 12.5. The maximum atomic E-state index is 11.6. The molecular weight excluding hydrogens is 286 g/mol. The van der Waals surface area contributed by atoms with Crippen LogP contribution in [0.15, 0.2) is 12.2 Å². The van der Waals surface area contributed by atoms with Gasteiger partial charge in [0.05, 0.1) is 18.7 Å². The van der Waals surface area contributed by atoms with E-state index in [1.165, 1.54) is 14.0 Å². The van der Waals surface area contributed by atoms with Crippen LogP contribution in [-0.2, 0) is 31.7 Å². The van der Waals surface area contributed by atoms with Gasteiger partial charge in [-0.25, -0.2) is 4.79 Å². The van der Waals surface area contributed by atoms with Crippen LogP contribution >= 0.6 is 12.2 Å². The van der Waals surface area contributed by atoms with E-state index < -0.39 is 18.0 Å². The van der Waals surface area contributed by atoms with E-state index in [0.717, 1.165) is 12.8 Å². The second kappa shape index (κ2) is 6.81. The Bertz CT molecular complexity index is 411. The topological polar surface area (TPSA) is 55.8 Å². The number of esters is 2. The van der Waals surface area contributed by atoms with Gasteiger partial charge in [-0.05, 0) is 12.8 Å². The van der Waals surface area contributed by atoms with Crippen molar-refractivity contribution in [3.8, 4) is 0 Å². The lowest BCUT2D eigenvalue weighted by atomic mass is 10.0. The van der Waals surface area contributed by atoms with E-state index >= 15 is 0 Å². The largest absolute Gasteiger partial charge is 0.466 e. The summed E-state index contributed by atoms with van der Waals surface area (Å²) in [7, 11) is 1.25. The van der Waals surface area contributed by atoms with Crippen molar-refractivity contribution in [2.45, 2.75) is 31.9 Å². The summed E-state index contributed by atoms with van der Waals surface area (Å²) in [6, 6.07) is -0.250. The zero-order valence-electron chi connectivity index (χ0n) is 10.9. The molecule has 1 rings (SSSR count). The number of rotatable bonds is 4. The van der Waals surface area contributed by atoms with Gasteiger partial charge in [-0.2, -0.15) is 0 Å². The first-order valence-corrected chi connectivity index (χ1v) is 6.62. The van der Waals surface area contributed by atoms with Gasteiger partial charge in [0, 0.05) is 13.5 Å². The molecule has 2 atom stereocenters. The SMILES string of the molecule is C=C(C(=O)OC)C(OC(C)=O)[C@@H]1CCCN1C(=S)[S-]. The molecule has 1 heterocycles. The number of likely N-dealkylation sites (tertiary alicyclic amines) is 1. The number of nitrogens with zero attached hydrogens (tertiary/aromatic N) is 1. The first-order chi connectivity index (χ1) is 8.88. The average Bonchev–Trinajstić information content (AvgIpc) is 2.82. The monoisotopic (exact) mass is 302 g/mol. The van der Waals surface area contributed by atoms with Gasteiger partial charge in [0.15, 0.2) is 6.10 Å². The summed E-state index contributed by atoms with van der Waals surface area (Å²) in [5.74, 6) is -1.09. The van der Waals surface area contributed by atoms with Crippen LogP contribution in [0.25, 0.3) is 0 Å². The van der Waals surface area contributed by atoms with Gasteiger partial charge in [-0.1, -0.05) is 10.9 Å². The molecule has 1 unspecified atom stereocenters. The van der Waals surface area contributed by atoms with E-state index in [1.54, 1.807) is 4.90 Å². The Morgan fingerprint density at radius 1 is 1.53 bits per heavy atom. The van der Waals surface area contributed by atoms with E-state index in [0.29, 0.717) is 10.9 Å². The summed E-state index contributed by atoms with van der Waals surface area (Å²) in [6.45, 7) is 5.64. The third-order valence-electron chi connectivity index (χ3n) is 2.97. The maximum Gasteiger partial charge on any atom is 0.336 e. The van der Waals surface area contributed by atoms with Gasteiger partial charge < -0.3 is 39.2 Å². The van der Waals surface area contributed by atoms with Crippen molar-refractivity contribution in [1.82, 2.24) is 4.90 Å².